The molecule has 0 fully saturated rings. The summed E-state index contributed by atoms with van der Waals surface area (Å²) in [6.07, 6.45) is 0.543. The molecule has 3 heteroatoms. The number of methoxy groups -OCH3 is 1. The summed E-state index contributed by atoms with van der Waals surface area (Å²) in [5, 5.41) is 3.15. The molecule has 1 aromatic carbocycles. The maximum atomic E-state index is 11.9. The van der Waals surface area contributed by atoms with E-state index in [4.69, 9.17) is 4.74 Å². The fourth-order valence-corrected chi connectivity index (χ4v) is 1.59. The van der Waals surface area contributed by atoms with Crippen molar-refractivity contribution < 1.29 is 9.53 Å². The fourth-order valence-electron chi connectivity index (χ4n) is 1.59. The molecule has 0 spiro atoms. The number of ether oxygens (including phenoxy) is 1. The Morgan fingerprint density at radius 2 is 2.19 bits per heavy atom. The zero-order valence-electron chi connectivity index (χ0n) is 10.2. The average molecular weight is 221 g/mol. The smallest absolute Gasteiger partial charge is 0.164 e. The first-order valence-electron chi connectivity index (χ1n) is 5.57. The zero-order chi connectivity index (χ0) is 12.0. The lowest BCUT2D eigenvalue weighted by molar-refractivity contribution is 0.0982. The third kappa shape index (κ3) is 3.35. The Balaban J connectivity index is 2.68. The first-order valence-corrected chi connectivity index (χ1v) is 5.57. The largest absolute Gasteiger partial charge is 0.497 e. The van der Waals surface area contributed by atoms with Gasteiger partial charge in [-0.05, 0) is 37.2 Å². The fraction of sp³-hybridized carbons (Fsp3) is 0.462. The Kier molecular flexibility index (Phi) is 4.99. The van der Waals surface area contributed by atoms with E-state index in [1.807, 2.05) is 32.0 Å². The number of Topliss-reactive ketones (excluding diaryl/α,β-unsaturated/α-hetero) is 1. The van der Waals surface area contributed by atoms with Gasteiger partial charge in [0.15, 0.2) is 5.78 Å². The number of hydrogen-bond donors (Lipinski definition) is 1. The Morgan fingerprint density at radius 3 is 2.75 bits per heavy atom. The number of carbonyl (C=O) groups excluding carboxylic acids is 1. The summed E-state index contributed by atoms with van der Waals surface area (Å²) in [7, 11) is 1.63. The summed E-state index contributed by atoms with van der Waals surface area (Å²) < 4.78 is 5.10. The highest BCUT2D eigenvalue weighted by Gasteiger charge is 2.08. The van der Waals surface area contributed by atoms with Gasteiger partial charge in [-0.25, -0.2) is 0 Å². The van der Waals surface area contributed by atoms with E-state index < -0.39 is 0 Å². The summed E-state index contributed by atoms with van der Waals surface area (Å²) in [5.41, 5.74) is 1.76. The molecule has 0 bridgehead atoms. The van der Waals surface area contributed by atoms with Crippen LogP contribution in [0.15, 0.2) is 18.2 Å². The van der Waals surface area contributed by atoms with Gasteiger partial charge in [-0.15, -0.1) is 0 Å². The molecule has 1 N–H and O–H groups in total. The second kappa shape index (κ2) is 6.28. The van der Waals surface area contributed by atoms with Crippen LogP contribution in [0.2, 0.25) is 0 Å². The van der Waals surface area contributed by atoms with E-state index in [0.29, 0.717) is 6.42 Å². The quantitative estimate of drug-likeness (QED) is 0.591. The van der Waals surface area contributed by atoms with Crippen molar-refractivity contribution in [2.45, 2.75) is 20.3 Å². The van der Waals surface area contributed by atoms with Gasteiger partial charge < -0.3 is 10.1 Å². The topological polar surface area (TPSA) is 38.3 Å². The van der Waals surface area contributed by atoms with Crippen molar-refractivity contribution in [2.75, 3.05) is 20.2 Å². The number of nitrogens with one attached hydrogen (secondary N) is 1. The molecule has 0 saturated heterocycles. The standard InChI is InChI=1S/C13H19NO2/c1-4-14-8-7-13(15)12-6-5-11(16-3)9-10(12)2/h5-6,9,14H,4,7-8H2,1-3H3. The van der Waals surface area contributed by atoms with Gasteiger partial charge in [-0.2, -0.15) is 0 Å². The maximum absolute atomic E-state index is 11.9. The Morgan fingerprint density at radius 1 is 1.44 bits per heavy atom. The molecule has 1 rings (SSSR count). The summed E-state index contributed by atoms with van der Waals surface area (Å²) in [4.78, 5) is 11.9. The highest BCUT2D eigenvalue weighted by molar-refractivity contribution is 5.97. The second-order valence-corrected chi connectivity index (χ2v) is 3.71. The molecule has 0 aliphatic rings. The minimum atomic E-state index is 0.182. The Labute approximate surface area is 96.8 Å². The number of ketones is 1. The number of rotatable bonds is 6. The highest BCUT2D eigenvalue weighted by Crippen LogP contribution is 2.17. The van der Waals surface area contributed by atoms with Gasteiger partial charge in [0.1, 0.15) is 5.75 Å². The molecule has 0 aliphatic carbocycles. The number of benzene rings is 1. The molecule has 0 amide bonds. The van der Waals surface area contributed by atoms with E-state index in [9.17, 15) is 4.79 Å². The minimum absolute atomic E-state index is 0.182. The first-order chi connectivity index (χ1) is 7.69. The SMILES string of the molecule is CCNCCC(=O)c1ccc(OC)cc1C. The third-order valence-electron chi connectivity index (χ3n) is 2.51. The summed E-state index contributed by atoms with van der Waals surface area (Å²) in [6.45, 7) is 5.60. The van der Waals surface area contributed by atoms with Crippen LogP contribution in [-0.4, -0.2) is 26.0 Å². The van der Waals surface area contributed by atoms with E-state index in [-0.39, 0.29) is 5.78 Å². The highest BCUT2D eigenvalue weighted by atomic mass is 16.5. The van der Waals surface area contributed by atoms with E-state index in [2.05, 4.69) is 5.32 Å². The second-order valence-electron chi connectivity index (χ2n) is 3.71. The Bertz CT molecular complexity index is 361. The van der Waals surface area contributed by atoms with Crippen LogP contribution in [0, 0.1) is 6.92 Å². The first kappa shape index (κ1) is 12.7. The van der Waals surface area contributed by atoms with Gasteiger partial charge in [0, 0.05) is 18.5 Å². The normalized spacial score (nSPS) is 10.2. The van der Waals surface area contributed by atoms with E-state index in [1.54, 1.807) is 7.11 Å². The molecule has 16 heavy (non-hydrogen) atoms. The third-order valence-corrected chi connectivity index (χ3v) is 2.51. The van der Waals surface area contributed by atoms with Gasteiger partial charge >= 0.3 is 0 Å². The number of carbonyl (C=O) groups is 1. The van der Waals surface area contributed by atoms with Gasteiger partial charge in [0.25, 0.3) is 0 Å². The molecule has 0 radical (unpaired) electrons. The van der Waals surface area contributed by atoms with Gasteiger partial charge in [0.05, 0.1) is 7.11 Å². The van der Waals surface area contributed by atoms with Crippen LogP contribution in [0.1, 0.15) is 29.3 Å². The van der Waals surface area contributed by atoms with E-state index in [0.717, 1.165) is 30.0 Å². The average Bonchev–Trinajstić information content (AvgIpc) is 2.29. The maximum Gasteiger partial charge on any atom is 0.164 e. The molecule has 0 saturated carbocycles. The number of hydrogen-bond acceptors (Lipinski definition) is 3. The van der Waals surface area contributed by atoms with Gasteiger partial charge in [0.2, 0.25) is 0 Å². The van der Waals surface area contributed by atoms with Crippen LogP contribution in [0.3, 0.4) is 0 Å². The van der Waals surface area contributed by atoms with Crippen molar-refractivity contribution in [1.29, 1.82) is 0 Å². The molecule has 0 unspecified atom stereocenters. The van der Waals surface area contributed by atoms with E-state index in [1.165, 1.54) is 0 Å². The summed E-state index contributed by atoms with van der Waals surface area (Å²) in [5.74, 6) is 0.974. The van der Waals surface area contributed by atoms with Gasteiger partial charge in [-0.3, -0.25) is 4.79 Å². The van der Waals surface area contributed by atoms with Crippen molar-refractivity contribution in [2.24, 2.45) is 0 Å². The predicted molar refractivity (Wildman–Crippen MR) is 65.2 cm³/mol. The molecule has 88 valence electrons. The van der Waals surface area contributed by atoms with Gasteiger partial charge in [-0.1, -0.05) is 6.92 Å². The lowest BCUT2D eigenvalue weighted by Crippen LogP contribution is -2.17. The van der Waals surface area contributed by atoms with Crippen LogP contribution in [0.25, 0.3) is 0 Å². The van der Waals surface area contributed by atoms with Crippen LogP contribution >= 0.6 is 0 Å². The lowest BCUT2D eigenvalue weighted by atomic mass is 10.0. The van der Waals surface area contributed by atoms with Crippen LogP contribution in [0.4, 0.5) is 0 Å². The van der Waals surface area contributed by atoms with Crippen LogP contribution in [0.5, 0.6) is 5.75 Å². The minimum Gasteiger partial charge on any atom is -0.497 e. The summed E-state index contributed by atoms with van der Waals surface area (Å²) >= 11 is 0. The number of aryl methyl sites for hydroxylation is 1. The summed E-state index contributed by atoms with van der Waals surface area (Å²) in [6, 6.07) is 5.55. The van der Waals surface area contributed by atoms with Crippen LogP contribution < -0.4 is 10.1 Å². The van der Waals surface area contributed by atoms with Crippen molar-refractivity contribution >= 4 is 5.78 Å². The van der Waals surface area contributed by atoms with Crippen molar-refractivity contribution in [3.63, 3.8) is 0 Å². The zero-order valence-corrected chi connectivity index (χ0v) is 10.2. The molecule has 3 nitrogen and oxygen atoms in total. The predicted octanol–water partition coefficient (Wildman–Crippen LogP) is 2.19. The molecule has 0 aliphatic heterocycles. The Hall–Kier alpha value is -1.35. The molecule has 0 heterocycles. The lowest BCUT2D eigenvalue weighted by Gasteiger charge is -2.07. The van der Waals surface area contributed by atoms with E-state index >= 15 is 0 Å². The molecular formula is C13H19NO2. The molecule has 0 atom stereocenters. The van der Waals surface area contributed by atoms with Crippen molar-refractivity contribution in [1.82, 2.24) is 5.32 Å². The van der Waals surface area contributed by atoms with Crippen LogP contribution in [-0.2, 0) is 0 Å². The van der Waals surface area contributed by atoms with Crippen molar-refractivity contribution in [3.05, 3.63) is 29.3 Å². The molecule has 0 aromatic heterocycles. The monoisotopic (exact) mass is 221 g/mol. The molecular weight excluding hydrogens is 202 g/mol. The molecule has 1 aromatic rings. The van der Waals surface area contributed by atoms with Crippen molar-refractivity contribution in [3.8, 4) is 5.75 Å².